The van der Waals surface area contributed by atoms with Crippen molar-refractivity contribution in [3.8, 4) is 0 Å². The first kappa shape index (κ1) is 10.9. The molecule has 0 bridgehead atoms. The van der Waals surface area contributed by atoms with Crippen molar-refractivity contribution in [1.82, 2.24) is 10.2 Å². The van der Waals surface area contributed by atoms with Gasteiger partial charge in [-0.2, -0.15) is 0 Å². The second kappa shape index (κ2) is 5.56. The van der Waals surface area contributed by atoms with Gasteiger partial charge in [-0.1, -0.05) is 5.10 Å². The van der Waals surface area contributed by atoms with Gasteiger partial charge in [-0.15, -0.1) is 5.10 Å². The second-order valence-electron chi connectivity index (χ2n) is 2.91. The van der Waals surface area contributed by atoms with Crippen molar-refractivity contribution in [2.45, 2.75) is 26.4 Å². The fraction of sp³-hybridized carbons (Fsp3) is 0.750. The zero-order valence-electron chi connectivity index (χ0n) is 8.49. The number of aromatic nitrogens is 2. The Labute approximate surface area is 82.8 Å². The van der Waals surface area contributed by atoms with Crippen molar-refractivity contribution >= 4 is 6.01 Å². The van der Waals surface area contributed by atoms with E-state index in [0.717, 1.165) is 0 Å². The lowest BCUT2D eigenvalue weighted by atomic mass is 10.4. The van der Waals surface area contributed by atoms with Crippen molar-refractivity contribution in [2.24, 2.45) is 5.73 Å². The molecule has 3 N–H and O–H groups in total. The van der Waals surface area contributed by atoms with Crippen molar-refractivity contribution in [3.63, 3.8) is 0 Å². The number of anilines is 1. The Hall–Kier alpha value is -1.14. The summed E-state index contributed by atoms with van der Waals surface area (Å²) < 4.78 is 10.4. The van der Waals surface area contributed by atoms with Gasteiger partial charge in [0.25, 0.3) is 0 Å². The molecule has 0 fully saturated rings. The van der Waals surface area contributed by atoms with Gasteiger partial charge >= 0.3 is 6.01 Å². The molecule has 0 amide bonds. The molecule has 0 radical (unpaired) electrons. The van der Waals surface area contributed by atoms with Gasteiger partial charge in [0.05, 0.1) is 19.2 Å². The van der Waals surface area contributed by atoms with Gasteiger partial charge in [-0.25, -0.2) is 0 Å². The van der Waals surface area contributed by atoms with Gasteiger partial charge in [-0.05, 0) is 13.8 Å². The van der Waals surface area contributed by atoms with Crippen LogP contribution in [-0.2, 0) is 11.3 Å². The van der Waals surface area contributed by atoms with E-state index in [9.17, 15) is 0 Å². The zero-order valence-corrected chi connectivity index (χ0v) is 8.49. The Morgan fingerprint density at radius 2 is 2.36 bits per heavy atom. The fourth-order valence-electron chi connectivity index (χ4n) is 0.942. The first-order chi connectivity index (χ1) is 6.76. The number of rotatable bonds is 6. The van der Waals surface area contributed by atoms with Crippen LogP contribution in [0.3, 0.4) is 0 Å². The molecule has 0 spiro atoms. The minimum atomic E-state index is 0.140. The van der Waals surface area contributed by atoms with E-state index in [-0.39, 0.29) is 12.6 Å². The second-order valence-corrected chi connectivity index (χ2v) is 2.91. The molecule has 0 saturated heterocycles. The van der Waals surface area contributed by atoms with Crippen LogP contribution in [0.4, 0.5) is 6.01 Å². The molecule has 80 valence electrons. The molecular formula is C8H16N4O2. The van der Waals surface area contributed by atoms with E-state index in [4.69, 9.17) is 14.9 Å². The lowest BCUT2D eigenvalue weighted by Crippen LogP contribution is -2.21. The van der Waals surface area contributed by atoms with E-state index in [1.54, 1.807) is 0 Å². The smallest absolute Gasteiger partial charge is 0.315 e. The Bertz CT molecular complexity index is 264. The summed E-state index contributed by atoms with van der Waals surface area (Å²) in [5.41, 5.74) is 5.33. The average Bonchev–Trinajstić information content (AvgIpc) is 2.62. The van der Waals surface area contributed by atoms with Gasteiger partial charge in [-0.3, -0.25) is 0 Å². The Balaban J connectivity index is 2.35. The van der Waals surface area contributed by atoms with Gasteiger partial charge in [0, 0.05) is 6.61 Å². The summed E-state index contributed by atoms with van der Waals surface area (Å²) in [6, 6.07) is 0.527. The normalized spacial score (nSPS) is 12.8. The van der Waals surface area contributed by atoms with Crippen molar-refractivity contribution in [2.75, 3.05) is 18.5 Å². The summed E-state index contributed by atoms with van der Waals surface area (Å²) in [4.78, 5) is 0. The Kier molecular flexibility index (Phi) is 4.34. The SMILES string of the molecule is CCOCC(C)Nc1nnc(CN)o1. The van der Waals surface area contributed by atoms with Crippen LogP contribution in [0.1, 0.15) is 19.7 Å². The quantitative estimate of drug-likeness (QED) is 0.689. The molecule has 1 aromatic heterocycles. The molecule has 0 aliphatic carbocycles. The molecule has 0 aromatic carbocycles. The summed E-state index contributed by atoms with van der Waals surface area (Å²) in [5, 5.41) is 10.5. The number of nitrogens with zero attached hydrogens (tertiary/aromatic N) is 2. The number of nitrogens with two attached hydrogens (primary N) is 1. The van der Waals surface area contributed by atoms with E-state index in [2.05, 4.69) is 15.5 Å². The maximum absolute atomic E-state index is 5.33. The highest BCUT2D eigenvalue weighted by Crippen LogP contribution is 2.06. The maximum atomic E-state index is 5.33. The standard InChI is InChI=1S/C8H16N4O2/c1-3-13-5-6(2)10-8-12-11-7(4-9)14-8/h6H,3-5,9H2,1-2H3,(H,10,12). The van der Waals surface area contributed by atoms with Crippen LogP contribution in [0, 0.1) is 0 Å². The minimum Gasteiger partial charge on any atom is -0.407 e. The number of nitrogens with one attached hydrogen (secondary N) is 1. The maximum Gasteiger partial charge on any atom is 0.315 e. The predicted octanol–water partition coefficient (Wildman–Crippen LogP) is 0.365. The third-order valence-corrected chi connectivity index (χ3v) is 1.58. The Morgan fingerprint density at radius 3 is 2.93 bits per heavy atom. The molecule has 1 heterocycles. The largest absolute Gasteiger partial charge is 0.407 e. The molecular weight excluding hydrogens is 184 g/mol. The summed E-state index contributed by atoms with van der Waals surface area (Å²) in [6.45, 7) is 5.49. The zero-order chi connectivity index (χ0) is 10.4. The molecule has 0 saturated carbocycles. The third kappa shape index (κ3) is 3.31. The Morgan fingerprint density at radius 1 is 1.57 bits per heavy atom. The van der Waals surface area contributed by atoms with Crippen LogP contribution in [0.5, 0.6) is 0 Å². The number of hydrogen-bond acceptors (Lipinski definition) is 6. The molecule has 14 heavy (non-hydrogen) atoms. The average molecular weight is 200 g/mol. The highest BCUT2D eigenvalue weighted by molar-refractivity contribution is 5.18. The van der Waals surface area contributed by atoms with E-state index in [1.807, 2.05) is 13.8 Å². The van der Waals surface area contributed by atoms with Crippen molar-refractivity contribution in [3.05, 3.63) is 5.89 Å². The van der Waals surface area contributed by atoms with Gasteiger partial charge in [0.1, 0.15) is 0 Å². The van der Waals surface area contributed by atoms with E-state index in [1.165, 1.54) is 0 Å². The topological polar surface area (TPSA) is 86.2 Å². The van der Waals surface area contributed by atoms with Crippen LogP contribution in [-0.4, -0.2) is 29.5 Å². The number of hydrogen-bond donors (Lipinski definition) is 2. The summed E-state index contributed by atoms with van der Waals surface area (Å²) in [5.74, 6) is 0.427. The minimum absolute atomic E-state index is 0.140. The molecule has 1 atom stereocenters. The molecule has 1 unspecified atom stereocenters. The van der Waals surface area contributed by atoms with E-state index >= 15 is 0 Å². The summed E-state index contributed by atoms with van der Waals surface area (Å²) in [7, 11) is 0. The van der Waals surface area contributed by atoms with Crippen molar-refractivity contribution < 1.29 is 9.15 Å². The van der Waals surface area contributed by atoms with Gasteiger partial charge in [0.15, 0.2) is 0 Å². The van der Waals surface area contributed by atoms with Crippen LogP contribution in [0.2, 0.25) is 0 Å². The lowest BCUT2D eigenvalue weighted by molar-refractivity contribution is 0.140. The van der Waals surface area contributed by atoms with E-state index in [0.29, 0.717) is 25.1 Å². The molecule has 0 aliphatic rings. The van der Waals surface area contributed by atoms with Crippen LogP contribution >= 0.6 is 0 Å². The lowest BCUT2D eigenvalue weighted by Gasteiger charge is -2.10. The van der Waals surface area contributed by atoms with Gasteiger partial charge < -0.3 is 20.2 Å². The van der Waals surface area contributed by atoms with Crippen molar-refractivity contribution in [1.29, 1.82) is 0 Å². The van der Waals surface area contributed by atoms with E-state index < -0.39 is 0 Å². The van der Waals surface area contributed by atoms with Gasteiger partial charge in [0.2, 0.25) is 5.89 Å². The molecule has 0 aliphatic heterocycles. The molecule has 1 aromatic rings. The highest BCUT2D eigenvalue weighted by Gasteiger charge is 2.07. The van der Waals surface area contributed by atoms with Crippen LogP contribution < -0.4 is 11.1 Å². The fourth-order valence-corrected chi connectivity index (χ4v) is 0.942. The van der Waals surface area contributed by atoms with Crippen LogP contribution in [0.25, 0.3) is 0 Å². The summed E-state index contributed by atoms with van der Waals surface area (Å²) in [6.07, 6.45) is 0. The highest BCUT2D eigenvalue weighted by atomic mass is 16.5. The molecule has 1 rings (SSSR count). The monoisotopic (exact) mass is 200 g/mol. The predicted molar refractivity (Wildman–Crippen MR) is 51.8 cm³/mol. The summed E-state index contributed by atoms with van der Waals surface area (Å²) >= 11 is 0. The van der Waals surface area contributed by atoms with Crippen LogP contribution in [0.15, 0.2) is 4.42 Å². The molecule has 6 nitrogen and oxygen atoms in total. The number of ether oxygens (including phenoxy) is 1. The third-order valence-electron chi connectivity index (χ3n) is 1.58. The first-order valence-corrected chi connectivity index (χ1v) is 4.63. The molecule has 6 heteroatoms. The first-order valence-electron chi connectivity index (χ1n) is 4.63.